The van der Waals surface area contributed by atoms with Gasteiger partial charge in [0.15, 0.2) is 0 Å². The van der Waals surface area contributed by atoms with E-state index in [1.807, 2.05) is 13.0 Å². The Kier molecular flexibility index (Phi) is 3.48. The summed E-state index contributed by atoms with van der Waals surface area (Å²) in [5.74, 6) is 0.203. The van der Waals surface area contributed by atoms with Gasteiger partial charge in [-0.1, -0.05) is 6.07 Å². The Hall–Kier alpha value is -2.56. The molecular weight excluding hydrogens is 271 g/mol. The molecule has 21 heavy (non-hydrogen) atoms. The summed E-state index contributed by atoms with van der Waals surface area (Å²) in [6.45, 7) is 2.82. The molecule has 0 saturated carbocycles. The van der Waals surface area contributed by atoms with E-state index >= 15 is 0 Å². The summed E-state index contributed by atoms with van der Waals surface area (Å²) in [5.41, 5.74) is 0.996. The zero-order valence-electron chi connectivity index (χ0n) is 11.6. The number of furan rings is 1. The van der Waals surface area contributed by atoms with Gasteiger partial charge in [-0.15, -0.1) is 0 Å². The van der Waals surface area contributed by atoms with Crippen LogP contribution in [0.25, 0.3) is 10.9 Å². The van der Waals surface area contributed by atoms with Crippen LogP contribution in [0.2, 0.25) is 0 Å². The Labute approximate surface area is 121 Å². The average Bonchev–Trinajstić information content (AvgIpc) is 3.13. The highest BCUT2D eigenvalue weighted by Gasteiger charge is 2.18. The molecule has 2 aromatic heterocycles. The van der Waals surface area contributed by atoms with Crippen LogP contribution >= 0.6 is 0 Å². The van der Waals surface area contributed by atoms with Gasteiger partial charge in [-0.25, -0.2) is 4.39 Å². The first-order valence-electron chi connectivity index (χ1n) is 6.78. The van der Waals surface area contributed by atoms with Crippen molar-refractivity contribution < 1.29 is 13.6 Å². The van der Waals surface area contributed by atoms with E-state index in [0.717, 1.165) is 0 Å². The summed E-state index contributed by atoms with van der Waals surface area (Å²) < 4.78 is 19.0. The van der Waals surface area contributed by atoms with Crippen molar-refractivity contribution >= 4 is 16.8 Å². The molecule has 2 heterocycles. The third kappa shape index (κ3) is 2.54. The van der Waals surface area contributed by atoms with E-state index in [-0.39, 0.29) is 11.7 Å². The summed E-state index contributed by atoms with van der Waals surface area (Å²) in [7, 11) is 0. The van der Waals surface area contributed by atoms with Crippen LogP contribution < -0.4 is 0 Å². The van der Waals surface area contributed by atoms with Crippen LogP contribution in [-0.4, -0.2) is 22.3 Å². The molecule has 0 atom stereocenters. The van der Waals surface area contributed by atoms with Crippen LogP contribution in [-0.2, 0) is 6.54 Å². The minimum absolute atomic E-state index is 0.176. The van der Waals surface area contributed by atoms with Gasteiger partial charge < -0.3 is 14.3 Å². The fraction of sp³-hybridized carbons (Fsp3) is 0.188. The van der Waals surface area contributed by atoms with Gasteiger partial charge in [0.25, 0.3) is 5.91 Å². The molecule has 0 radical (unpaired) electrons. The third-order valence-corrected chi connectivity index (χ3v) is 3.44. The predicted octanol–water partition coefficient (Wildman–Crippen LogP) is 3.56. The second kappa shape index (κ2) is 5.44. The fourth-order valence-electron chi connectivity index (χ4n) is 2.32. The molecule has 0 bridgehead atoms. The molecule has 3 rings (SSSR count). The van der Waals surface area contributed by atoms with E-state index in [4.69, 9.17) is 4.42 Å². The van der Waals surface area contributed by atoms with Crippen molar-refractivity contribution in [2.75, 3.05) is 6.54 Å². The Morgan fingerprint density at radius 1 is 1.33 bits per heavy atom. The molecule has 0 spiro atoms. The zero-order chi connectivity index (χ0) is 14.8. The van der Waals surface area contributed by atoms with E-state index in [0.29, 0.717) is 35.4 Å². The maximum absolute atomic E-state index is 13.7. The number of carbonyl (C=O) groups excluding carboxylic acids is 1. The maximum Gasteiger partial charge on any atom is 0.270 e. The minimum atomic E-state index is -0.336. The number of amides is 1. The first-order valence-corrected chi connectivity index (χ1v) is 6.78. The minimum Gasteiger partial charge on any atom is -0.467 e. The highest BCUT2D eigenvalue weighted by molar-refractivity contribution is 5.98. The number of hydrogen-bond donors (Lipinski definition) is 1. The number of hydrogen-bond acceptors (Lipinski definition) is 2. The molecule has 0 aliphatic rings. The Bertz CT molecular complexity index is 762. The molecule has 1 amide bonds. The van der Waals surface area contributed by atoms with Crippen LogP contribution in [0.4, 0.5) is 4.39 Å². The van der Waals surface area contributed by atoms with E-state index in [1.54, 1.807) is 35.4 Å². The third-order valence-electron chi connectivity index (χ3n) is 3.44. The molecule has 0 unspecified atom stereocenters. The lowest BCUT2D eigenvalue weighted by Crippen LogP contribution is -2.30. The van der Waals surface area contributed by atoms with Crippen molar-refractivity contribution in [1.82, 2.24) is 9.88 Å². The number of H-pyrrole nitrogens is 1. The summed E-state index contributed by atoms with van der Waals surface area (Å²) >= 11 is 0. The number of fused-ring (bicyclic) bond motifs is 1. The van der Waals surface area contributed by atoms with E-state index in [9.17, 15) is 9.18 Å². The molecule has 0 aliphatic heterocycles. The number of benzene rings is 1. The highest BCUT2D eigenvalue weighted by Crippen LogP contribution is 2.20. The standard InChI is InChI=1S/C16H15FN2O2/c1-2-19(10-11-5-4-8-21-11)16(20)15-9-12-13(17)6-3-7-14(12)18-15/h3-9,18H,2,10H2,1H3. The summed E-state index contributed by atoms with van der Waals surface area (Å²) in [5, 5.41) is 0.426. The quantitative estimate of drug-likeness (QED) is 0.797. The van der Waals surface area contributed by atoms with Gasteiger partial charge in [-0.3, -0.25) is 4.79 Å². The van der Waals surface area contributed by atoms with Crippen molar-refractivity contribution in [1.29, 1.82) is 0 Å². The Balaban J connectivity index is 1.89. The lowest BCUT2D eigenvalue weighted by atomic mass is 10.2. The number of halogens is 1. The Morgan fingerprint density at radius 2 is 2.19 bits per heavy atom. The number of nitrogens with zero attached hydrogens (tertiary/aromatic N) is 1. The van der Waals surface area contributed by atoms with Gasteiger partial charge in [-0.2, -0.15) is 0 Å². The number of rotatable bonds is 4. The van der Waals surface area contributed by atoms with Crippen molar-refractivity contribution in [2.45, 2.75) is 13.5 Å². The molecule has 1 aromatic carbocycles. The predicted molar refractivity (Wildman–Crippen MR) is 77.4 cm³/mol. The SMILES string of the molecule is CCN(Cc1ccco1)C(=O)c1cc2c(F)cccc2[nH]1. The second-order valence-electron chi connectivity index (χ2n) is 4.78. The molecule has 0 saturated heterocycles. The monoisotopic (exact) mass is 286 g/mol. The first kappa shape index (κ1) is 13.4. The topological polar surface area (TPSA) is 49.2 Å². The molecule has 0 aliphatic carbocycles. The number of carbonyl (C=O) groups is 1. The summed E-state index contributed by atoms with van der Waals surface area (Å²) in [6.07, 6.45) is 1.58. The lowest BCUT2D eigenvalue weighted by molar-refractivity contribution is 0.0736. The number of aromatic amines is 1. The molecule has 3 aromatic rings. The first-order chi connectivity index (χ1) is 10.2. The molecular formula is C16H15FN2O2. The van der Waals surface area contributed by atoms with E-state index in [1.165, 1.54) is 6.07 Å². The summed E-state index contributed by atoms with van der Waals surface area (Å²) in [4.78, 5) is 17.1. The van der Waals surface area contributed by atoms with Crippen molar-refractivity contribution in [3.63, 3.8) is 0 Å². The lowest BCUT2D eigenvalue weighted by Gasteiger charge is -2.18. The van der Waals surface area contributed by atoms with Crippen molar-refractivity contribution in [3.05, 3.63) is 59.9 Å². The van der Waals surface area contributed by atoms with E-state index in [2.05, 4.69) is 4.98 Å². The van der Waals surface area contributed by atoms with Gasteiger partial charge >= 0.3 is 0 Å². The van der Waals surface area contributed by atoms with Crippen LogP contribution in [0, 0.1) is 5.82 Å². The normalized spacial score (nSPS) is 11.0. The van der Waals surface area contributed by atoms with E-state index < -0.39 is 0 Å². The van der Waals surface area contributed by atoms with Crippen LogP contribution in [0.1, 0.15) is 23.2 Å². The second-order valence-corrected chi connectivity index (χ2v) is 4.78. The van der Waals surface area contributed by atoms with Crippen molar-refractivity contribution in [3.8, 4) is 0 Å². The summed E-state index contributed by atoms with van der Waals surface area (Å²) in [6, 6.07) is 9.90. The van der Waals surface area contributed by atoms with Crippen molar-refractivity contribution in [2.24, 2.45) is 0 Å². The number of nitrogens with one attached hydrogen (secondary N) is 1. The van der Waals surface area contributed by atoms with Gasteiger partial charge in [0.2, 0.25) is 0 Å². The highest BCUT2D eigenvalue weighted by atomic mass is 19.1. The fourth-order valence-corrected chi connectivity index (χ4v) is 2.32. The van der Waals surface area contributed by atoms with Gasteiger partial charge in [0.1, 0.15) is 17.3 Å². The largest absolute Gasteiger partial charge is 0.467 e. The molecule has 1 N–H and O–H groups in total. The van der Waals surface area contributed by atoms with Gasteiger partial charge in [0.05, 0.1) is 12.8 Å². The molecule has 108 valence electrons. The molecule has 4 nitrogen and oxygen atoms in total. The zero-order valence-corrected chi connectivity index (χ0v) is 11.6. The molecule has 0 fully saturated rings. The van der Waals surface area contributed by atoms with Crippen LogP contribution in [0.5, 0.6) is 0 Å². The maximum atomic E-state index is 13.7. The van der Waals surface area contributed by atoms with Gasteiger partial charge in [-0.05, 0) is 37.3 Å². The Morgan fingerprint density at radius 3 is 2.86 bits per heavy atom. The van der Waals surface area contributed by atoms with Crippen LogP contribution in [0.3, 0.4) is 0 Å². The smallest absolute Gasteiger partial charge is 0.270 e. The average molecular weight is 286 g/mol. The number of aromatic nitrogens is 1. The van der Waals surface area contributed by atoms with Gasteiger partial charge in [0, 0.05) is 17.4 Å². The molecule has 5 heteroatoms. The van der Waals surface area contributed by atoms with Crippen LogP contribution in [0.15, 0.2) is 47.1 Å².